The number of allylic oxidation sites excluding steroid dienone is 4. The molecule has 2 rings (SSSR count). The minimum Gasteiger partial charge on any atom is -0.507 e. The van der Waals surface area contributed by atoms with Gasteiger partial charge in [0.1, 0.15) is 28.8 Å². The average Bonchev–Trinajstić information content (AvgIpc) is 2.56. The Balaban J connectivity index is 2.74. The van der Waals surface area contributed by atoms with E-state index in [1.165, 1.54) is 24.3 Å². The van der Waals surface area contributed by atoms with Crippen LogP contribution in [0.1, 0.15) is 33.3 Å². The summed E-state index contributed by atoms with van der Waals surface area (Å²) < 4.78 is 5.34. The fourth-order valence-corrected chi connectivity index (χ4v) is 2.47. The minimum absolute atomic E-state index is 0.00564. The predicted octanol–water partition coefficient (Wildman–Crippen LogP) is 4.48. The molecule has 0 aromatic heterocycles. The number of aromatic hydroxyl groups is 4. The molecule has 0 radical (unpaired) electrons. The van der Waals surface area contributed by atoms with E-state index in [2.05, 4.69) is 0 Å². The first-order valence-electron chi connectivity index (χ1n) is 8.23. The Hall–Kier alpha value is -3.41. The fourth-order valence-electron chi connectivity index (χ4n) is 2.47. The topological polar surface area (TPSA) is 107 Å². The third-order valence-electron chi connectivity index (χ3n) is 3.64. The van der Waals surface area contributed by atoms with E-state index < -0.39 is 11.7 Å². The molecule has 0 heterocycles. The van der Waals surface area contributed by atoms with Gasteiger partial charge in [-0.3, -0.25) is 0 Å². The van der Waals surface area contributed by atoms with E-state index >= 15 is 0 Å². The van der Waals surface area contributed by atoms with Crippen LogP contribution in [0.2, 0.25) is 0 Å². The van der Waals surface area contributed by atoms with Crippen molar-refractivity contribution in [3.8, 4) is 23.0 Å². The van der Waals surface area contributed by atoms with Gasteiger partial charge in [0.15, 0.2) is 0 Å². The van der Waals surface area contributed by atoms with Gasteiger partial charge in [-0.1, -0.05) is 17.2 Å². The third kappa shape index (κ3) is 4.41. The normalized spacial score (nSPS) is 11.2. The summed E-state index contributed by atoms with van der Waals surface area (Å²) in [4.78, 5) is 12.1. The van der Waals surface area contributed by atoms with Gasteiger partial charge in [0.25, 0.3) is 0 Å². The zero-order chi connectivity index (χ0) is 20.3. The molecule has 0 amide bonds. The van der Waals surface area contributed by atoms with Crippen LogP contribution in [0.5, 0.6) is 23.0 Å². The van der Waals surface area contributed by atoms with Crippen molar-refractivity contribution in [2.24, 2.45) is 0 Å². The molecule has 6 heteroatoms. The Bertz CT molecular complexity index is 988. The molecule has 2 aromatic carbocycles. The van der Waals surface area contributed by atoms with Crippen LogP contribution in [0.15, 0.2) is 47.6 Å². The van der Waals surface area contributed by atoms with Crippen LogP contribution in [0.4, 0.5) is 0 Å². The lowest BCUT2D eigenvalue weighted by Gasteiger charge is -2.14. The quantitative estimate of drug-likeness (QED) is 0.208. The highest BCUT2D eigenvalue weighted by Crippen LogP contribution is 2.46. The monoisotopic (exact) mass is 370 g/mol. The van der Waals surface area contributed by atoms with Crippen molar-refractivity contribution in [1.29, 1.82) is 0 Å². The van der Waals surface area contributed by atoms with Crippen LogP contribution in [0, 0.1) is 0 Å². The number of hydrogen-bond acceptors (Lipinski definition) is 6. The summed E-state index contributed by atoms with van der Waals surface area (Å²) in [6.07, 6.45) is 4.44. The molecule has 0 aliphatic heterocycles. The van der Waals surface area contributed by atoms with Gasteiger partial charge in [-0.15, -0.1) is 0 Å². The second-order valence-corrected chi connectivity index (χ2v) is 6.56. The van der Waals surface area contributed by atoms with Crippen molar-refractivity contribution < 1.29 is 30.0 Å². The number of phenolic OH excluding ortho intramolecular Hbond substituents is 4. The molecular formula is C21H22O6. The summed E-state index contributed by atoms with van der Waals surface area (Å²) in [5.74, 6) is -2.13. The van der Waals surface area contributed by atoms with Crippen LogP contribution in [-0.4, -0.2) is 26.4 Å². The largest absolute Gasteiger partial charge is 0.507 e. The van der Waals surface area contributed by atoms with Crippen LogP contribution >= 0.6 is 0 Å². The number of rotatable bonds is 4. The van der Waals surface area contributed by atoms with Gasteiger partial charge >= 0.3 is 5.97 Å². The van der Waals surface area contributed by atoms with E-state index in [4.69, 9.17) is 4.74 Å². The standard InChI is InChI=1S/C21H22O6/c1-11(2)5-8-17(27-18(25)9-12(3)4)13-10-16(24)19-14(22)6-7-15(23)20(19)21(13)26/h5-10,22-24,26H,1-4H3/b17-8-. The average molecular weight is 370 g/mol. The maximum Gasteiger partial charge on any atom is 0.336 e. The van der Waals surface area contributed by atoms with Crippen molar-refractivity contribution in [1.82, 2.24) is 0 Å². The summed E-state index contributed by atoms with van der Waals surface area (Å²) in [5.41, 5.74) is 1.64. The summed E-state index contributed by atoms with van der Waals surface area (Å²) in [6.45, 7) is 7.16. The van der Waals surface area contributed by atoms with Gasteiger partial charge in [0.2, 0.25) is 0 Å². The molecule has 2 aromatic rings. The predicted molar refractivity (Wildman–Crippen MR) is 104 cm³/mol. The summed E-state index contributed by atoms with van der Waals surface area (Å²) >= 11 is 0. The smallest absolute Gasteiger partial charge is 0.336 e. The van der Waals surface area contributed by atoms with Gasteiger partial charge in [0, 0.05) is 6.08 Å². The Kier molecular flexibility index (Phi) is 5.80. The van der Waals surface area contributed by atoms with E-state index in [0.29, 0.717) is 0 Å². The molecule has 0 aliphatic rings. The van der Waals surface area contributed by atoms with Crippen LogP contribution in [0.3, 0.4) is 0 Å². The number of carbonyl (C=O) groups is 1. The van der Waals surface area contributed by atoms with E-state index in [1.54, 1.807) is 19.9 Å². The molecule has 0 aliphatic carbocycles. The first-order valence-corrected chi connectivity index (χ1v) is 8.23. The Morgan fingerprint density at radius 3 is 2.00 bits per heavy atom. The number of phenols is 4. The number of fused-ring (bicyclic) bond motifs is 1. The van der Waals surface area contributed by atoms with E-state index in [1.807, 2.05) is 13.8 Å². The highest BCUT2D eigenvalue weighted by Gasteiger charge is 2.21. The molecule has 0 atom stereocenters. The van der Waals surface area contributed by atoms with Crippen molar-refractivity contribution >= 4 is 22.5 Å². The molecule has 0 saturated carbocycles. The summed E-state index contributed by atoms with van der Waals surface area (Å²) in [6, 6.07) is 3.55. The lowest BCUT2D eigenvalue weighted by Crippen LogP contribution is -2.02. The zero-order valence-corrected chi connectivity index (χ0v) is 15.6. The molecule has 142 valence electrons. The summed E-state index contributed by atoms with van der Waals surface area (Å²) in [5, 5.41) is 40.8. The molecule has 0 spiro atoms. The number of hydrogen-bond donors (Lipinski definition) is 4. The highest BCUT2D eigenvalue weighted by atomic mass is 16.5. The first-order chi connectivity index (χ1) is 12.6. The minimum atomic E-state index is -0.650. The SMILES string of the molecule is CC(C)=C/C=C(\OC(=O)C=C(C)C)c1cc(O)c2c(O)ccc(O)c2c1O. The third-order valence-corrected chi connectivity index (χ3v) is 3.64. The van der Waals surface area contributed by atoms with E-state index in [9.17, 15) is 25.2 Å². The first kappa shape index (κ1) is 19.9. The molecule has 0 bridgehead atoms. The number of benzene rings is 2. The summed E-state index contributed by atoms with van der Waals surface area (Å²) in [7, 11) is 0. The highest BCUT2D eigenvalue weighted by molar-refractivity contribution is 6.04. The Morgan fingerprint density at radius 2 is 1.44 bits per heavy atom. The number of esters is 1. The van der Waals surface area contributed by atoms with Crippen molar-refractivity contribution in [2.45, 2.75) is 27.7 Å². The van der Waals surface area contributed by atoms with Gasteiger partial charge < -0.3 is 25.2 Å². The van der Waals surface area contributed by atoms with Gasteiger partial charge in [-0.2, -0.15) is 0 Å². The molecule has 4 N–H and O–H groups in total. The molecule has 0 saturated heterocycles. The zero-order valence-electron chi connectivity index (χ0n) is 15.6. The lowest BCUT2D eigenvalue weighted by atomic mass is 10.0. The molecule has 0 unspecified atom stereocenters. The second kappa shape index (κ2) is 7.86. The van der Waals surface area contributed by atoms with Gasteiger partial charge in [-0.25, -0.2) is 4.79 Å². The molecular weight excluding hydrogens is 348 g/mol. The number of ether oxygens (including phenoxy) is 1. The van der Waals surface area contributed by atoms with E-state index in [-0.39, 0.29) is 39.3 Å². The van der Waals surface area contributed by atoms with Crippen LogP contribution in [-0.2, 0) is 9.53 Å². The molecule has 27 heavy (non-hydrogen) atoms. The Morgan fingerprint density at radius 1 is 0.852 bits per heavy atom. The lowest BCUT2D eigenvalue weighted by molar-refractivity contribution is -0.131. The van der Waals surface area contributed by atoms with Gasteiger partial charge in [0.05, 0.1) is 16.3 Å². The maximum atomic E-state index is 12.1. The van der Waals surface area contributed by atoms with Gasteiger partial charge in [-0.05, 0) is 52.0 Å². The number of carbonyl (C=O) groups excluding carboxylic acids is 1. The maximum absolute atomic E-state index is 12.1. The van der Waals surface area contributed by atoms with Crippen LogP contribution < -0.4 is 0 Å². The van der Waals surface area contributed by atoms with Crippen molar-refractivity contribution in [3.05, 3.63) is 53.1 Å². The Labute approximate surface area is 157 Å². The van der Waals surface area contributed by atoms with Crippen molar-refractivity contribution in [2.75, 3.05) is 0 Å². The second-order valence-electron chi connectivity index (χ2n) is 6.56. The molecule has 6 nitrogen and oxygen atoms in total. The van der Waals surface area contributed by atoms with Crippen molar-refractivity contribution in [3.63, 3.8) is 0 Å². The van der Waals surface area contributed by atoms with Crippen LogP contribution in [0.25, 0.3) is 16.5 Å². The molecule has 0 fully saturated rings. The van der Waals surface area contributed by atoms with E-state index in [0.717, 1.165) is 17.2 Å². The fraction of sp³-hybridized carbons (Fsp3) is 0.190.